The maximum atomic E-state index is 11.8. The zero-order valence-electron chi connectivity index (χ0n) is 16.3. The van der Waals surface area contributed by atoms with Crippen molar-refractivity contribution in [3.63, 3.8) is 0 Å². The molecule has 1 aromatic carbocycles. The zero-order valence-corrected chi connectivity index (χ0v) is 16.3. The standard InChI is InChI=1S/C22H30O4/c1-5-25-21(24)19-13-11-18(12-14-19)17-9-6-16(7-10-17)8-15-20(23)26-22(2,3)4/h8,11-17H,5-7,9-10H2,1-4H3. The molecule has 1 aliphatic carbocycles. The van der Waals surface area contributed by atoms with Crippen LogP contribution in [0.25, 0.3) is 0 Å². The van der Waals surface area contributed by atoms with Crippen molar-refractivity contribution in [3.05, 3.63) is 47.5 Å². The largest absolute Gasteiger partial charge is 0.462 e. The molecule has 142 valence electrons. The quantitative estimate of drug-likeness (QED) is 0.547. The van der Waals surface area contributed by atoms with Gasteiger partial charge in [0.1, 0.15) is 5.60 Å². The molecule has 26 heavy (non-hydrogen) atoms. The van der Waals surface area contributed by atoms with Crippen molar-refractivity contribution in [2.24, 2.45) is 5.92 Å². The van der Waals surface area contributed by atoms with Crippen LogP contribution in [0.2, 0.25) is 0 Å². The van der Waals surface area contributed by atoms with Crippen molar-refractivity contribution in [2.45, 2.75) is 64.9 Å². The molecule has 0 N–H and O–H groups in total. The van der Waals surface area contributed by atoms with Gasteiger partial charge in [-0.3, -0.25) is 0 Å². The average molecular weight is 358 g/mol. The maximum Gasteiger partial charge on any atom is 0.338 e. The summed E-state index contributed by atoms with van der Waals surface area (Å²) >= 11 is 0. The Bertz CT molecular complexity index is 629. The van der Waals surface area contributed by atoms with E-state index in [4.69, 9.17) is 9.47 Å². The van der Waals surface area contributed by atoms with E-state index >= 15 is 0 Å². The van der Waals surface area contributed by atoms with Gasteiger partial charge in [-0.15, -0.1) is 0 Å². The Labute approximate surface area is 156 Å². The van der Waals surface area contributed by atoms with Crippen molar-refractivity contribution in [2.75, 3.05) is 6.61 Å². The molecule has 0 atom stereocenters. The van der Waals surface area contributed by atoms with Crippen LogP contribution in [-0.4, -0.2) is 24.1 Å². The van der Waals surface area contributed by atoms with E-state index in [0.717, 1.165) is 25.7 Å². The predicted molar refractivity (Wildman–Crippen MR) is 102 cm³/mol. The number of carbonyl (C=O) groups excluding carboxylic acids is 2. The Morgan fingerprint density at radius 1 is 1.08 bits per heavy atom. The van der Waals surface area contributed by atoms with Crippen molar-refractivity contribution in [3.8, 4) is 0 Å². The molecule has 0 aromatic heterocycles. The maximum absolute atomic E-state index is 11.8. The first-order valence-electron chi connectivity index (χ1n) is 9.46. The third-order valence-electron chi connectivity index (χ3n) is 4.58. The van der Waals surface area contributed by atoms with E-state index in [1.165, 1.54) is 5.56 Å². The van der Waals surface area contributed by atoms with Crippen molar-refractivity contribution in [1.82, 2.24) is 0 Å². The minimum atomic E-state index is -0.450. The van der Waals surface area contributed by atoms with Crippen LogP contribution in [0.1, 0.15) is 75.2 Å². The SMILES string of the molecule is CCOC(=O)c1ccc(C2CCC(C=CC(=O)OC(C)(C)C)CC2)cc1. The molecule has 0 heterocycles. The van der Waals surface area contributed by atoms with Crippen LogP contribution in [0.3, 0.4) is 0 Å². The molecule has 1 aromatic rings. The summed E-state index contributed by atoms with van der Waals surface area (Å²) < 4.78 is 10.3. The average Bonchev–Trinajstić information content (AvgIpc) is 2.59. The monoisotopic (exact) mass is 358 g/mol. The number of hydrogen-bond donors (Lipinski definition) is 0. The van der Waals surface area contributed by atoms with Crippen LogP contribution in [0, 0.1) is 5.92 Å². The number of ether oxygens (including phenoxy) is 2. The fraction of sp³-hybridized carbons (Fsp3) is 0.545. The summed E-state index contributed by atoms with van der Waals surface area (Å²) in [5, 5.41) is 0. The lowest BCUT2D eigenvalue weighted by Crippen LogP contribution is -2.22. The fourth-order valence-corrected chi connectivity index (χ4v) is 3.30. The van der Waals surface area contributed by atoms with Gasteiger partial charge in [-0.1, -0.05) is 18.2 Å². The third kappa shape index (κ3) is 6.32. The smallest absolute Gasteiger partial charge is 0.338 e. The van der Waals surface area contributed by atoms with Crippen LogP contribution < -0.4 is 0 Å². The number of hydrogen-bond acceptors (Lipinski definition) is 4. The normalized spacial score (nSPS) is 20.8. The summed E-state index contributed by atoms with van der Waals surface area (Å²) in [6, 6.07) is 7.77. The molecule has 0 aliphatic heterocycles. The molecular weight excluding hydrogens is 328 g/mol. The topological polar surface area (TPSA) is 52.6 Å². The van der Waals surface area contributed by atoms with Crippen LogP contribution in [0.4, 0.5) is 0 Å². The van der Waals surface area contributed by atoms with E-state index in [9.17, 15) is 9.59 Å². The molecule has 0 radical (unpaired) electrons. The van der Waals surface area contributed by atoms with E-state index in [-0.39, 0.29) is 11.9 Å². The summed E-state index contributed by atoms with van der Waals surface area (Å²) in [5.41, 5.74) is 1.42. The van der Waals surface area contributed by atoms with Crippen LogP contribution in [-0.2, 0) is 14.3 Å². The first-order valence-corrected chi connectivity index (χ1v) is 9.46. The summed E-state index contributed by atoms with van der Waals surface area (Å²) in [5.74, 6) is 0.402. The molecule has 0 spiro atoms. The molecule has 0 unspecified atom stereocenters. The molecule has 0 saturated heterocycles. The second kappa shape index (κ2) is 9.02. The zero-order chi connectivity index (χ0) is 19.2. The Kier molecular flexibility index (Phi) is 7.01. The number of allylic oxidation sites excluding steroid dienone is 1. The second-order valence-corrected chi connectivity index (χ2v) is 7.85. The summed E-state index contributed by atoms with van der Waals surface area (Å²) in [6.07, 6.45) is 7.86. The molecule has 1 aliphatic rings. The minimum Gasteiger partial charge on any atom is -0.462 e. The highest BCUT2D eigenvalue weighted by molar-refractivity contribution is 5.89. The van der Waals surface area contributed by atoms with Gasteiger partial charge >= 0.3 is 11.9 Å². The fourth-order valence-electron chi connectivity index (χ4n) is 3.30. The summed E-state index contributed by atoms with van der Waals surface area (Å²) in [6.45, 7) is 7.81. The van der Waals surface area contributed by atoms with Crippen molar-refractivity contribution >= 4 is 11.9 Å². The highest BCUT2D eigenvalue weighted by atomic mass is 16.6. The van der Waals surface area contributed by atoms with E-state index in [2.05, 4.69) is 0 Å². The Morgan fingerprint density at radius 2 is 1.69 bits per heavy atom. The van der Waals surface area contributed by atoms with Gasteiger partial charge < -0.3 is 9.47 Å². The summed E-state index contributed by atoms with van der Waals surface area (Å²) in [4.78, 5) is 23.5. The van der Waals surface area contributed by atoms with Gasteiger partial charge in [-0.05, 0) is 82.9 Å². The molecule has 0 bridgehead atoms. The van der Waals surface area contributed by atoms with Crippen molar-refractivity contribution < 1.29 is 19.1 Å². The molecule has 1 fully saturated rings. The number of carbonyl (C=O) groups is 2. The second-order valence-electron chi connectivity index (χ2n) is 7.85. The molecule has 0 amide bonds. The van der Waals surface area contributed by atoms with Crippen LogP contribution in [0.15, 0.2) is 36.4 Å². The van der Waals surface area contributed by atoms with Gasteiger partial charge in [0.15, 0.2) is 0 Å². The molecule has 2 rings (SSSR count). The van der Waals surface area contributed by atoms with E-state index in [1.54, 1.807) is 6.08 Å². The lowest BCUT2D eigenvalue weighted by Gasteiger charge is -2.27. The summed E-state index contributed by atoms with van der Waals surface area (Å²) in [7, 11) is 0. The van der Waals surface area contributed by atoms with Gasteiger partial charge in [0.2, 0.25) is 0 Å². The van der Waals surface area contributed by atoms with Gasteiger partial charge in [0.05, 0.1) is 12.2 Å². The highest BCUT2D eigenvalue weighted by Crippen LogP contribution is 2.36. The van der Waals surface area contributed by atoms with Gasteiger partial charge in [-0.2, -0.15) is 0 Å². The lowest BCUT2D eigenvalue weighted by atomic mass is 9.78. The van der Waals surface area contributed by atoms with E-state index < -0.39 is 5.60 Å². The third-order valence-corrected chi connectivity index (χ3v) is 4.58. The van der Waals surface area contributed by atoms with Crippen LogP contribution in [0.5, 0.6) is 0 Å². The number of esters is 2. The minimum absolute atomic E-state index is 0.268. The first-order chi connectivity index (χ1) is 12.3. The predicted octanol–water partition coefficient (Wildman–Crippen LogP) is 5.04. The molecule has 4 nitrogen and oxygen atoms in total. The molecule has 4 heteroatoms. The van der Waals surface area contributed by atoms with Gasteiger partial charge in [0.25, 0.3) is 0 Å². The first kappa shape index (κ1) is 20.2. The highest BCUT2D eigenvalue weighted by Gasteiger charge is 2.22. The molecule has 1 saturated carbocycles. The lowest BCUT2D eigenvalue weighted by molar-refractivity contribution is -0.148. The number of rotatable bonds is 5. The molecular formula is C22H30O4. The number of benzene rings is 1. The van der Waals surface area contributed by atoms with Gasteiger partial charge in [-0.25, -0.2) is 9.59 Å². The van der Waals surface area contributed by atoms with Crippen LogP contribution >= 0.6 is 0 Å². The van der Waals surface area contributed by atoms with Gasteiger partial charge in [0, 0.05) is 6.08 Å². The van der Waals surface area contributed by atoms with E-state index in [0.29, 0.717) is 24.0 Å². The Morgan fingerprint density at radius 3 is 2.23 bits per heavy atom. The Hall–Kier alpha value is -2.10. The van der Waals surface area contributed by atoms with Crippen molar-refractivity contribution in [1.29, 1.82) is 0 Å². The Balaban J connectivity index is 1.84. The van der Waals surface area contributed by atoms with E-state index in [1.807, 2.05) is 58.0 Å².